The zero-order valence-corrected chi connectivity index (χ0v) is 16.6. The van der Waals surface area contributed by atoms with E-state index in [1.807, 2.05) is 6.08 Å². The molecule has 1 nitrogen and oxygen atoms in total. The van der Waals surface area contributed by atoms with Crippen molar-refractivity contribution < 1.29 is 4.74 Å². The molecule has 0 saturated heterocycles. The minimum atomic E-state index is 0.696. The minimum Gasteiger partial charge on any atom is -0.373 e. The van der Waals surface area contributed by atoms with Gasteiger partial charge in [0.1, 0.15) is 0 Å². The maximum Gasteiger partial charge on any atom is 0.0721 e. The Hall–Kier alpha value is -2.12. The van der Waals surface area contributed by atoms with E-state index in [1.54, 1.807) is 0 Å². The van der Waals surface area contributed by atoms with Gasteiger partial charge in [-0.25, -0.2) is 0 Å². The Bertz CT molecular complexity index is 716. The summed E-state index contributed by atoms with van der Waals surface area (Å²) < 4.78 is 5.69. The normalized spacial score (nSPS) is 20.0. The van der Waals surface area contributed by atoms with Crippen LogP contribution in [0.15, 0.2) is 67.3 Å². The lowest BCUT2D eigenvalue weighted by Crippen LogP contribution is -2.12. The fraction of sp³-hybridized carbons (Fsp3) is 0.385. The molecule has 0 aromatic heterocycles. The highest BCUT2D eigenvalue weighted by Gasteiger charge is 2.23. The lowest BCUT2D eigenvalue weighted by Gasteiger charge is -2.29. The standard InChI is InChI=1S/C26H32O/c1-3-5-6-19-27-20-22-9-13-24(14-10-22)26-17-15-25(16-18-26)23-11-7-21(4-2)8-12-23/h4-14,25-26H,2-3,15-20H2,1H3/b6-5+/t25-,26-. The van der Waals surface area contributed by atoms with Crippen molar-refractivity contribution in [2.24, 2.45) is 0 Å². The Morgan fingerprint density at radius 2 is 1.41 bits per heavy atom. The summed E-state index contributed by atoms with van der Waals surface area (Å²) in [6, 6.07) is 18.0. The van der Waals surface area contributed by atoms with Crippen molar-refractivity contribution in [2.75, 3.05) is 6.61 Å². The summed E-state index contributed by atoms with van der Waals surface area (Å²) in [6.45, 7) is 7.38. The first-order valence-corrected chi connectivity index (χ1v) is 10.3. The van der Waals surface area contributed by atoms with E-state index in [4.69, 9.17) is 4.74 Å². The van der Waals surface area contributed by atoms with Crippen LogP contribution in [0.25, 0.3) is 6.08 Å². The third-order valence-electron chi connectivity index (χ3n) is 5.71. The van der Waals surface area contributed by atoms with Gasteiger partial charge in [-0.3, -0.25) is 0 Å². The van der Waals surface area contributed by atoms with Crippen molar-refractivity contribution in [3.8, 4) is 0 Å². The molecule has 1 fully saturated rings. The van der Waals surface area contributed by atoms with E-state index < -0.39 is 0 Å². The van der Waals surface area contributed by atoms with Crippen LogP contribution >= 0.6 is 0 Å². The summed E-state index contributed by atoms with van der Waals surface area (Å²) >= 11 is 0. The molecule has 1 heteroatoms. The molecule has 0 atom stereocenters. The first kappa shape index (κ1) is 19.6. The van der Waals surface area contributed by atoms with Crippen LogP contribution in [0.4, 0.5) is 0 Å². The number of allylic oxidation sites excluding steroid dienone is 1. The fourth-order valence-corrected chi connectivity index (χ4v) is 4.03. The van der Waals surface area contributed by atoms with Crippen molar-refractivity contribution >= 4 is 6.08 Å². The molecule has 2 aromatic rings. The van der Waals surface area contributed by atoms with E-state index in [2.05, 4.69) is 74.2 Å². The number of hydrogen-bond acceptors (Lipinski definition) is 1. The molecule has 0 radical (unpaired) electrons. The predicted octanol–water partition coefficient (Wildman–Crippen LogP) is 7.25. The van der Waals surface area contributed by atoms with E-state index in [-0.39, 0.29) is 0 Å². The summed E-state index contributed by atoms with van der Waals surface area (Å²) in [5.41, 5.74) is 5.45. The minimum absolute atomic E-state index is 0.696. The largest absolute Gasteiger partial charge is 0.373 e. The van der Waals surface area contributed by atoms with E-state index >= 15 is 0 Å². The lowest BCUT2D eigenvalue weighted by molar-refractivity contribution is 0.148. The SMILES string of the molecule is C=Cc1ccc([C@H]2CC[C@H](c3ccc(COC/C=C/CC)cc3)CC2)cc1. The molecule has 1 aliphatic rings. The molecule has 0 N–H and O–H groups in total. The van der Waals surface area contributed by atoms with Gasteiger partial charge in [-0.1, -0.05) is 80.3 Å². The Morgan fingerprint density at radius 3 is 1.93 bits per heavy atom. The van der Waals surface area contributed by atoms with Crippen LogP contribution in [0.3, 0.4) is 0 Å². The average Bonchev–Trinajstić information content (AvgIpc) is 2.74. The van der Waals surface area contributed by atoms with Crippen LogP contribution < -0.4 is 0 Å². The maximum atomic E-state index is 5.69. The summed E-state index contributed by atoms with van der Waals surface area (Å²) in [6.07, 6.45) is 12.4. The highest BCUT2D eigenvalue weighted by Crippen LogP contribution is 2.40. The molecule has 0 unspecified atom stereocenters. The molecular weight excluding hydrogens is 328 g/mol. The van der Waals surface area contributed by atoms with Gasteiger partial charge in [0.25, 0.3) is 0 Å². The van der Waals surface area contributed by atoms with E-state index in [0.717, 1.165) is 6.42 Å². The Morgan fingerprint density at radius 1 is 0.852 bits per heavy atom. The second kappa shape index (κ2) is 10.3. The second-order valence-electron chi connectivity index (χ2n) is 7.56. The van der Waals surface area contributed by atoms with Crippen LogP contribution in [0.2, 0.25) is 0 Å². The molecule has 3 rings (SSSR count). The number of rotatable bonds is 8. The van der Waals surface area contributed by atoms with Crippen LogP contribution in [0.1, 0.15) is 73.1 Å². The highest BCUT2D eigenvalue weighted by atomic mass is 16.5. The summed E-state index contributed by atoms with van der Waals surface area (Å²) in [7, 11) is 0. The molecule has 0 bridgehead atoms. The zero-order valence-electron chi connectivity index (χ0n) is 16.6. The monoisotopic (exact) mass is 360 g/mol. The lowest BCUT2D eigenvalue weighted by atomic mass is 9.76. The van der Waals surface area contributed by atoms with Gasteiger partial charge in [-0.05, 0) is 66.2 Å². The van der Waals surface area contributed by atoms with Gasteiger partial charge in [0.2, 0.25) is 0 Å². The zero-order chi connectivity index (χ0) is 18.9. The predicted molar refractivity (Wildman–Crippen MR) is 116 cm³/mol. The van der Waals surface area contributed by atoms with Gasteiger partial charge in [-0.15, -0.1) is 0 Å². The van der Waals surface area contributed by atoms with Crippen molar-refractivity contribution in [1.82, 2.24) is 0 Å². The average molecular weight is 361 g/mol. The van der Waals surface area contributed by atoms with Crippen molar-refractivity contribution in [3.05, 3.63) is 89.5 Å². The number of hydrogen-bond donors (Lipinski definition) is 0. The first-order chi connectivity index (χ1) is 13.3. The van der Waals surface area contributed by atoms with Crippen molar-refractivity contribution in [1.29, 1.82) is 0 Å². The van der Waals surface area contributed by atoms with Gasteiger partial charge < -0.3 is 4.74 Å². The Labute approximate surface area is 164 Å². The summed E-state index contributed by atoms with van der Waals surface area (Å²) in [5.74, 6) is 1.42. The molecule has 27 heavy (non-hydrogen) atoms. The van der Waals surface area contributed by atoms with E-state index in [0.29, 0.717) is 25.0 Å². The molecule has 0 amide bonds. The van der Waals surface area contributed by atoms with E-state index in [9.17, 15) is 0 Å². The molecular formula is C26H32O. The molecule has 2 aromatic carbocycles. The Kier molecular flexibility index (Phi) is 7.47. The van der Waals surface area contributed by atoms with Crippen LogP contribution in [-0.4, -0.2) is 6.61 Å². The smallest absolute Gasteiger partial charge is 0.0721 e. The summed E-state index contributed by atoms with van der Waals surface area (Å²) in [4.78, 5) is 0. The van der Waals surface area contributed by atoms with Gasteiger partial charge in [0.15, 0.2) is 0 Å². The third-order valence-corrected chi connectivity index (χ3v) is 5.71. The summed E-state index contributed by atoms with van der Waals surface area (Å²) in [5, 5.41) is 0. The molecule has 0 spiro atoms. The van der Waals surface area contributed by atoms with Crippen molar-refractivity contribution in [3.63, 3.8) is 0 Å². The fourth-order valence-electron chi connectivity index (χ4n) is 4.03. The van der Waals surface area contributed by atoms with Gasteiger partial charge in [0.05, 0.1) is 13.2 Å². The van der Waals surface area contributed by atoms with E-state index in [1.165, 1.54) is 47.9 Å². The van der Waals surface area contributed by atoms with Crippen LogP contribution in [0.5, 0.6) is 0 Å². The first-order valence-electron chi connectivity index (χ1n) is 10.3. The molecule has 0 aliphatic heterocycles. The Balaban J connectivity index is 1.48. The molecule has 0 heterocycles. The third kappa shape index (κ3) is 5.68. The van der Waals surface area contributed by atoms with Gasteiger partial charge in [-0.2, -0.15) is 0 Å². The van der Waals surface area contributed by atoms with Crippen LogP contribution in [0, 0.1) is 0 Å². The van der Waals surface area contributed by atoms with Crippen LogP contribution in [-0.2, 0) is 11.3 Å². The second-order valence-corrected chi connectivity index (χ2v) is 7.56. The van der Waals surface area contributed by atoms with Gasteiger partial charge >= 0.3 is 0 Å². The van der Waals surface area contributed by atoms with Crippen molar-refractivity contribution in [2.45, 2.75) is 57.5 Å². The number of ether oxygens (including phenoxy) is 1. The molecule has 1 aliphatic carbocycles. The topological polar surface area (TPSA) is 9.23 Å². The highest BCUT2D eigenvalue weighted by molar-refractivity contribution is 5.47. The van der Waals surface area contributed by atoms with Gasteiger partial charge in [0, 0.05) is 0 Å². The quantitative estimate of drug-likeness (QED) is 0.356. The number of benzene rings is 2. The molecule has 142 valence electrons. The maximum absolute atomic E-state index is 5.69. The molecule has 1 saturated carbocycles.